The van der Waals surface area contributed by atoms with Gasteiger partial charge in [0.25, 0.3) is 0 Å². The molecule has 0 spiro atoms. The predicted octanol–water partition coefficient (Wildman–Crippen LogP) is -1.38. The third-order valence-corrected chi connectivity index (χ3v) is 0.408. The van der Waals surface area contributed by atoms with Crippen LogP contribution in [0.4, 0.5) is 0 Å². The van der Waals surface area contributed by atoms with Gasteiger partial charge in [0, 0.05) is 0 Å². The first-order chi connectivity index (χ1) is 3.83. The second-order valence-corrected chi connectivity index (χ2v) is 1.18. The van der Waals surface area contributed by atoms with Gasteiger partial charge in [-0.25, -0.2) is 0 Å². The predicted molar refractivity (Wildman–Crippen MR) is 25.6 cm³/mol. The molecule has 0 rings (SSSR count). The molecule has 0 fully saturated rings. The summed E-state index contributed by atoms with van der Waals surface area (Å²) in [5.41, 5.74) is 10.1. The molecule has 54 valence electrons. The summed E-state index contributed by atoms with van der Waals surface area (Å²) < 4.78 is 15.4. The third-order valence-electron chi connectivity index (χ3n) is 0.408. The molecular weight excluding hydrogens is 155 g/mol. The summed E-state index contributed by atoms with van der Waals surface area (Å²) in [6.45, 7) is 1.44. The van der Waals surface area contributed by atoms with Gasteiger partial charge >= 0.3 is 23.0 Å². The molecule has 0 aliphatic rings. The van der Waals surface area contributed by atoms with Crippen molar-refractivity contribution in [2.45, 2.75) is 6.42 Å². The van der Waals surface area contributed by atoms with E-state index in [4.69, 9.17) is 19.6 Å². The van der Waals surface area contributed by atoms with Crippen LogP contribution in [-0.2, 0) is 18.8 Å². The fourth-order valence-electron chi connectivity index (χ4n) is 0.118. The Bertz CT molecular complexity index is 42.3. The van der Waals surface area contributed by atoms with Crippen molar-refractivity contribution in [1.82, 2.24) is 0 Å². The molecule has 0 bridgehead atoms. The van der Waals surface area contributed by atoms with E-state index in [0.29, 0.717) is 0 Å². The van der Waals surface area contributed by atoms with E-state index >= 15 is 0 Å². The number of hydrogen-bond acceptors (Lipinski definition) is 3. The molecule has 0 aromatic heterocycles. The molecule has 0 saturated carbocycles. The second-order valence-electron chi connectivity index (χ2n) is 0.992. The van der Waals surface area contributed by atoms with Gasteiger partial charge in [-0.2, -0.15) is 0 Å². The molecule has 0 aromatic rings. The Balaban J connectivity index is 0. The third kappa shape index (κ3) is 34.8. The van der Waals surface area contributed by atoms with Gasteiger partial charge in [-0.1, -0.05) is 0 Å². The van der Waals surface area contributed by atoms with E-state index in [9.17, 15) is 0 Å². The Kier molecular flexibility index (Phi) is 21.7. The van der Waals surface area contributed by atoms with Crippen molar-refractivity contribution >= 4 is 0 Å². The first kappa shape index (κ1) is 11.0. The van der Waals surface area contributed by atoms with Gasteiger partial charge in [-0.05, 0) is 19.5 Å². The summed E-state index contributed by atoms with van der Waals surface area (Å²) in [6, 6.07) is 0. The Hall–Kier alpha value is 0.186. The Morgan fingerprint density at radius 3 is 1.62 bits per heavy atom. The van der Waals surface area contributed by atoms with Crippen LogP contribution in [0.5, 0.6) is 0 Å². The monoisotopic (exact) mass is 166 g/mol. The minimum atomic E-state index is -0.812. The first-order valence-electron chi connectivity index (χ1n) is 2.10. The van der Waals surface area contributed by atoms with Gasteiger partial charge in [-0.3, -0.25) is 0 Å². The van der Waals surface area contributed by atoms with Crippen LogP contribution in [0.15, 0.2) is 0 Å². The average molecular weight is 166 g/mol. The standard InChI is InChI=1S/C3H10N2.Co.H2O.O/c4-2-1-3-5;;;/h1-5H2;;1H2;/q;+1;;/p-1. The van der Waals surface area contributed by atoms with Crippen LogP contribution in [0.25, 0.3) is 0 Å². The zero-order valence-corrected chi connectivity index (χ0v) is 5.51. The van der Waals surface area contributed by atoms with Crippen molar-refractivity contribution < 1.29 is 23.0 Å². The van der Waals surface area contributed by atoms with Gasteiger partial charge in [0.05, 0.1) is 0 Å². The van der Waals surface area contributed by atoms with Gasteiger partial charge in [0.1, 0.15) is 0 Å². The Labute approximate surface area is 54.7 Å². The van der Waals surface area contributed by atoms with E-state index in [1.165, 1.54) is 0 Å². The van der Waals surface area contributed by atoms with Crippen molar-refractivity contribution in [1.29, 1.82) is 0 Å². The van der Waals surface area contributed by atoms with Crippen LogP contribution >= 0.6 is 0 Å². The molecule has 0 atom stereocenters. The Morgan fingerprint density at radius 1 is 1.38 bits per heavy atom. The van der Waals surface area contributed by atoms with Gasteiger partial charge in [0.2, 0.25) is 0 Å². The van der Waals surface area contributed by atoms with E-state index in [-0.39, 0.29) is 0 Å². The summed E-state index contributed by atoms with van der Waals surface area (Å²) in [7, 11) is 0. The fraction of sp³-hybridized carbons (Fsp3) is 1.00. The number of rotatable bonds is 2. The topological polar surface area (TPSA) is 89.3 Å². The molecule has 0 radical (unpaired) electrons. The molecule has 0 saturated heterocycles. The summed E-state index contributed by atoms with van der Waals surface area (Å²) >= 11 is -0.812. The van der Waals surface area contributed by atoms with Crippen molar-refractivity contribution in [3.05, 3.63) is 0 Å². The SMILES string of the molecule is NCCCN.[O]=[Co][OH]. The van der Waals surface area contributed by atoms with Crippen molar-refractivity contribution in [3.8, 4) is 0 Å². The second kappa shape index (κ2) is 15.7. The van der Waals surface area contributed by atoms with E-state index in [1.54, 1.807) is 0 Å². The van der Waals surface area contributed by atoms with Gasteiger partial charge in [0.15, 0.2) is 0 Å². The van der Waals surface area contributed by atoms with Gasteiger partial charge < -0.3 is 11.5 Å². The maximum absolute atomic E-state index is 8.45. The van der Waals surface area contributed by atoms with Crippen LogP contribution in [0, 0.1) is 0 Å². The molecule has 5 N–H and O–H groups in total. The minimum absolute atomic E-state index is 0.719. The molecule has 0 aliphatic heterocycles. The summed E-state index contributed by atoms with van der Waals surface area (Å²) in [5.74, 6) is 0. The summed E-state index contributed by atoms with van der Waals surface area (Å²) in [6.07, 6.45) is 0.944. The van der Waals surface area contributed by atoms with E-state index in [2.05, 4.69) is 0 Å². The average Bonchev–Trinajstić information content (AvgIpc) is 1.71. The maximum atomic E-state index is 8.45. The summed E-state index contributed by atoms with van der Waals surface area (Å²) in [4.78, 5) is 0. The van der Waals surface area contributed by atoms with Crippen LogP contribution in [-0.4, -0.2) is 17.3 Å². The van der Waals surface area contributed by atoms with Crippen molar-refractivity contribution in [2.75, 3.05) is 13.1 Å². The zero-order chi connectivity index (χ0) is 6.83. The summed E-state index contributed by atoms with van der Waals surface area (Å²) in [5, 5.41) is 0. The quantitative estimate of drug-likeness (QED) is 0.471. The van der Waals surface area contributed by atoms with Crippen LogP contribution in [0.2, 0.25) is 0 Å². The van der Waals surface area contributed by atoms with Crippen LogP contribution in [0.3, 0.4) is 0 Å². The fourth-order valence-corrected chi connectivity index (χ4v) is 0.118. The number of hydrogen-bond donors (Lipinski definition) is 3. The Morgan fingerprint density at radius 2 is 1.62 bits per heavy atom. The molecule has 8 heavy (non-hydrogen) atoms. The molecule has 0 aromatic carbocycles. The molecule has 0 unspecified atom stereocenters. The van der Waals surface area contributed by atoms with Crippen LogP contribution in [0.1, 0.15) is 6.42 Å². The van der Waals surface area contributed by atoms with Gasteiger partial charge in [-0.15, -0.1) is 0 Å². The van der Waals surface area contributed by atoms with E-state index < -0.39 is 15.0 Å². The molecule has 0 aliphatic carbocycles. The molecule has 4 nitrogen and oxygen atoms in total. The molecule has 0 heterocycles. The molecule has 5 heteroatoms. The zero-order valence-electron chi connectivity index (χ0n) is 4.46. The van der Waals surface area contributed by atoms with E-state index in [1.807, 2.05) is 0 Å². The van der Waals surface area contributed by atoms with E-state index in [0.717, 1.165) is 19.5 Å². The van der Waals surface area contributed by atoms with Crippen molar-refractivity contribution in [3.63, 3.8) is 0 Å². The normalized spacial score (nSPS) is 7.88. The number of nitrogens with two attached hydrogens (primary N) is 2. The molecule has 0 amide bonds. The van der Waals surface area contributed by atoms with Crippen LogP contribution < -0.4 is 11.5 Å². The van der Waals surface area contributed by atoms with Crippen molar-refractivity contribution in [2.24, 2.45) is 11.5 Å². The first-order valence-corrected chi connectivity index (χ1v) is 2.99. The molecular formula is C3H11CoN2O2.